The standard InChI is InChI=1S/C28H30N7O/c1-4-34(5-2)23-9-13-26-28(19-23)35(17-16-33-15-14-32(3)20-33)27-18-22(8-12-25(27)29-26)31-30-21-6-10-24(36)11-7-21/h6-15,18-20H,4-5,16-17H2,1-3H3/q+1/p+1. The predicted molar refractivity (Wildman–Crippen MR) is 141 cm³/mol. The van der Waals surface area contributed by atoms with Crippen LogP contribution in [0, 0.1) is 0 Å². The Morgan fingerprint density at radius 1 is 0.861 bits per heavy atom. The zero-order valence-electron chi connectivity index (χ0n) is 20.9. The van der Waals surface area contributed by atoms with Crippen LogP contribution in [0.2, 0.25) is 0 Å². The Balaban J connectivity index is 1.61. The van der Waals surface area contributed by atoms with Gasteiger partial charge in [0.1, 0.15) is 35.7 Å². The van der Waals surface area contributed by atoms with Crippen molar-refractivity contribution >= 4 is 39.1 Å². The van der Waals surface area contributed by atoms with Crippen molar-refractivity contribution in [2.24, 2.45) is 17.3 Å². The molecule has 0 unspecified atom stereocenters. The maximum absolute atomic E-state index is 9.51. The van der Waals surface area contributed by atoms with Gasteiger partial charge in [-0.05, 0) is 62.4 Å². The Kier molecular flexibility index (Phi) is 6.58. The van der Waals surface area contributed by atoms with Crippen molar-refractivity contribution in [2.75, 3.05) is 18.0 Å². The van der Waals surface area contributed by atoms with Gasteiger partial charge in [-0.1, -0.05) is 0 Å². The molecule has 182 valence electrons. The highest BCUT2D eigenvalue weighted by Gasteiger charge is 2.20. The molecule has 0 saturated heterocycles. The summed E-state index contributed by atoms with van der Waals surface area (Å²) in [7, 11) is 2.03. The number of phenols is 1. The summed E-state index contributed by atoms with van der Waals surface area (Å²) in [5.41, 5.74) is 6.61. The van der Waals surface area contributed by atoms with Crippen LogP contribution in [0.1, 0.15) is 13.8 Å². The van der Waals surface area contributed by atoms with Crippen molar-refractivity contribution < 1.29 is 14.2 Å². The lowest BCUT2D eigenvalue weighted by Gasteiger charge is -2.20. The van der Waals surface area contributed by atoms with E-state index in [9.17, 15) is 5.11 Å². The van der Waals surface area contributed by atoms with E-state index in [2.05, 4.69) is 68.8 Å². The lowest BCUT2D eigenvalue weighted by molar-refractivity contribution is -0.757. The van der Waals surface area contributed by atoms with Crippen LogP contribution in [-0.4, -0.2) is 27.7 Å². The topological polar surface area (TPSA) is 73.8 Å². The van der Waals surface area contributed by atoms with Crippen molar-refractivity contribution in [1.82, 2.24) is 9.55 Å². The molecule has 0 atom stereocenters. The third kappa shape index (κ3) is 4.88. The minimum atomic E-state index is 0.207. The van der Waals surface area contributed by atoms with E-state index in [1.54, 1.807) is 24.3 Å². The summed E-state index contributed by atoms with van der Waals surface area (Å²) < 4.78 is 6.58. The van der Waals surface area contributed by atoms with E-state index < -0.39 is 0 Å². The van der Waals surface area contributed by atoms with Gasteiger partial charge >= 0.3 is 0 Å². The maximum atomic E-state index is 9.51. The van der Waals surface area contributed by atoms with Crippen LogP contribution in [0.4, 0.5) is 17.1 Å². The van der Waals surface area contributed by atoms with E-state index in [1.807, 2.05) is 36.0 Å². The van der Waals surface area contributed by atoms with Gasteiger partial charge in [0.2, 0.25) is 17.4 Å². The van der Waals surface area contributed by atoms with Crippen molar-refractivity contribution in [3.63, 3.8) is 0 Å². The normalized spacial score (nSPS) is 11.6. The highest BCUT2D eigenvalue weighted by atomic mass is 16.3. The van der Waals surface area contributed by atoms with Crippen LogP contribution in [-0.2, 0) is 20.1 Å². The van der Waals surface area contributed by atoms with Crippen LogP contribution in [0.15, 0.2) is 89.6 Å². The quantitative estimate of drug-likeness (QED) is 0.193. The molecule has 0 aliphatic rings. The Morgan fingerprint density at radius 2 is 1.53 bits per heavy atom. The van der Waals surface area contributed by atoms with Crippen LogP contribution in [0.25, 0.3) is 22.1 Å². The molecule has 0 spiro atoms. The van der Waals surface area contributed by atoms with E-state index in [4.69, 9.17) is 4.98 Å². The number of hydrogen-bond donors (Lipinski definition) is 1. The van der Waals surface area contributed by atoms with Gasteiger partial charge in [-0.25, -0.2) is 14.1 Å². The first-order chi connectivity index (χ1) is 17.5. The van der Waals surface area contributed by atoms with Gasteiger partial charge in [0.05, 0.1) is 18.4 Å². The summed E-state index contributed by atoms with van der Waals surface area (Å²) in [4.78, 5) is 7.32. The summed E-state index contributed by atoms with van der Waals surface area (Å²) in [6.45, 7) is 7.86. The molecule has 0 fully saturated rings. The second-order valence-corrected chi connectivity index (χ2v) is 8.82. The molecule has 5 rings (SSSR count). The van der Waals surface area contributed by atoms with E-state index in [1.165, 1.54) is 5.69 Å². The fourth-order valence-corrected chi connectivity index (χ4v) is 4.48. The molecule has 8 heteroatoms. The van der Waals surface area contributed by atoms with Gasteiger partial charge in [0, 0.05) is 30.9 Å². The molecular formula is C28H31N7O+2. The highest BCUT2D eigenvalue weighted by Crippen LogP contribution is 2.25. The number of benzene rings is 3. The van der Waals surface area contributed by atoms with Gasteiger partial charge in [-0.3, -0.25) is 0 Å². The number of fused-ring (bicyclic) bond motifs is 2. The summed E-state index contributed by atoms with van der Waals surface area (Å²) in [5, 5.41) is 18.3. The van der Waals surface area contributed by atoms with Crippen molar-refractivity contribution in [3.05, 3.63) is 79.4 Å². The fraction of sp³-hybridized carbons (Fsp3) is 0.250. The van der Waals surface area contributed by atoms with Crippen molar-refractivity contribution in [2.45, 2.75) is 26.9 Å². The summed E-state index contributed by atoms with van der Waals surface area (Å²) in [6.07, 6.45) is 6.23. The Morgan fingerprint density at radius 3 is 2.22 bits per heavy atom. The molecule has 3 aromatic carbocycles. The molecular weight excluding hydrogens is 450 g/mol. The van der Waals surface area contributed by atoms with Gasteiger partial charge in [-0.15, -0.1) is 0 Å². The number of azo groups is 1. The van der Waals surface area contributed by atoms with E-state index >= 15 is 0 Å². The highest BCUT2D eigenvalue weighted by molar-refractivity contribution is 5.85. The minimum absolute atomic E-state index is 0.207. The molecule has 0 amide bonds. The van der Waals surface area contributed by atoms with Crippen LogP contribution in [0.5, 0.6) is 5.75 Å². The third-order valence-corrected chi connectivity index (χ3v) is 6.41. The summed E-state index contributed by atoms with van der Waals surface area (Å²) in [5.74, 6) is 0.207. The zero-order chi connectivity index (χ0) is 25.1. The van der Waals surface area contributed by atoms with Gasteiger partial charge in [-0.2, -0.15) is 14.8 Å². The van der Waals surface area contributed by atoms with E-state index in [0.717, 1.165) is 53.9 Å². The number of aromatic nitrogens is 4. The average Bonchev–Trinajstić information content (AvgIpc) is 3.32. The lowest BCUT2D eigenvalue weighted by atomic mass is 10.2. The number of anilines is 1. The molecule has 0 saturated carbocycles. The van der Waals surface area contributed by atoms with E-state index in [0.29, 0.717) is 5.69 Å². The predicted octanol–water partition coefficient (Wildman–Crippen LogP) is 4.97. The molecule has 0 aliphatic carbocycles. The number of phenolic OH excluding ortho intramolecular Hbond substituents is 1. The average molecular weight is 482 g/mol. The Bertz CT molecular complexity index is 1540. The third-order valence-electron chi connectivity index (χ3n) is 6.41. The number of nitrogens with zero attached hydrogens (tertiary/aromatic N) is 7. The number of aryl methyl sites for hydroxylation is 3. The zero-order valence-corrected chi connectivity index (χ0v) is 20.9. The molecule has 0 bridgehead atoms. The SMILES string of the molecule is CCN(CC)c1ccc2nc3ccc(/N=N/c4ccc(O)cc4)cc3[n+](CC[n+]3ccn(C)c3)c2c1. The van der Waals surface area contributed by atoms with Crippen LogP contribution in [0.3, 0.4) is 0 Å². The second-order valence-electron chi connectivity index (χ2n) is 8.82. The van der Waals surface area contributed by atoms with E-state index in [-0.39, 0.29) is 5.75 Å². The Labute approximate surface area is 210 Å². The van der Waals surface area contributed by atoms with Crippen molar-refractivity contribution in [3.8, 4) is 5.75 Å². The Hall–Kier alpha value is -4.33. The molecule has 0 aliphatic heterocycles. The van der Waals surface area contributed by atoms with Gasteiger partial charge in [0.15, 0.2) is 6.54 Å². The first-order valence-corrected chi connectivity index (χ1v) is 12.3. The molecule has 2 aromatic heterocycles. The molecule has 2 heterocycles. The minimum Gasteiger partial charge on any atom is -0.508 e. The second kappa shape index (κ2) is 10.1. The summed E-state index contributed by atoms with van der Waals surface area (Å²) >= 11 is 0. The molecule has 1 N–H and O–H groups in total. The summed E-state index contributed by atoms with van der Waals surface area (Å²) in [6, 6.07) is 19.2. The first-order valence-electron chi connectivity index (χ1n) is 12.3. The molecule has 36 heavy (non-hydrogen) atoms. The number of hydrogen-bond acceptors (Lipinski definition) is 5. The first kappa shape index (κ1) is 23.4. The molecule has 5 aromatic rings. The molecule has 8 nitrogen and oxygen atoms in total. The number of imidazole rings is 1. The monoisotopic (exact) mass is 481 g/mol. The van der Waals surface area contributed by atoms with Gasteiger partial charge in [0.25, 0.3) is 0 Å². The fourth-order valence-electron chi connectivity index (χ4n) is 4.48. The van der Waals surface area contributed by atoms with Crippen LogP contribution < -0.4 is 14.0 Å². The van der Waals surface area contributed by atoms with Crippen LogP contribution >= 0.6 is 0 Å². The largest absolute Gasteiger partial charge is 0.508 e. The maximum Gasteiger partial charge on any atom is 0.243 e. The molecule has 0 radical (unpaired) electrons. The number of rotatable bonds is 8. The smallest absolute Gasteiger partial charge is 0.243 e. The van der Waals surface area contributed by atoms with Gasteiger partial charge < -0.3 is 10.0 Å². The number of aromatic hydroxyl groups is 1. The van der Waals surface area contributed by atoms with Crippen molar-refractivity contribution in [1.29, 1.82) is 0 Å². The lowest BCUT2D eigenvalue weighted by Crippen LogP contribution is -2.44.